The molecule has 0 aromatic carbocycles. The zero-order valence-electron chi connectivity index (χ0n) is 23.7. The van der Waals surface area contributed by atoms with Crippen molar-refractivity contribution >= 4 is 25.0 Å². The molecule has 0 bridgehead atoms. The lowest BCUT2D eigenvalue weighted by Crippen LogP contribution is -2.47. The normalized spacial score (nSPS) is 28.5. The largest absolute Gasteiger partial charge is 0.459 e. The maximum atomic E-state index is 13.9. The number of likely N-dealkylation sites (tertiary alicyclic amines) is 1. The molecule has 0 spiro atoms. The number of amides is 2. The quantitative estimate of drug-likeness (QED) is 0.244. The van der Waals surface area contributed by atoms with Crippen molar-refractivity contribution in [3.63, 3.8) is 0 Å². The van der Waals surface area contributed by atoms with Gasteiger partial charge < -0.3 is 19.2 Å². The van der Waals surface area contributed by atoms with Crippen molar-refractivity contribution in [1.82, 2.24) is 4.90 Å². The van der Waals surface area contributed by atoms with Gasteiger partial charge in [0, 0.05) is 6.04 Å². The molecule has 5 rings (SSSR count). The lowest BCUT2D eigenvalue weighted by molar-refractivity contribution is -0.143. The third kappa shape index (κ3) is 5.70. The highest BCUT2D eigenvalue weighted by Crippen LogP contribution is 2.52. The minimum absolute atomic E-state index is 0.0143. The van der Waals surface area contributed by atoms with Crippen LogP contribution >= 0.6 is 0 Å². The standard InChI is InChI=1S/C31H44BNO6/c1-4-8-20(15-22-12-13-23(18-34)38-22)11-14-27-28-24(19(2)3)16-25-29(26(28)17-32(37)39-27)31(36)33(30(25)35)21-9-6-5-7-10-21/h12-13,15,19,21,25-27,29,34,37H,4-11,14,16-18H2,1-3H3/b20-15+/t25-,26+,27-,29-/m1/s1. The van der Waals surface area contributed by atoms with Gasteiger partial charge in [0.25, 0.3) is 0 Å². The van der Waals surface area contributed by atoms with Crippen LogP contribution in [-0.4, -0.2) is 46.1 Å². The van der Waals surface area contributed by atoms with E-state index < -0.39 is 7.12 Å². The number of nitrogens with zero attached hydrogens (tertiary/aromatic N) is 1. The molecule has 4 atom stereocenters. The Morgan fingerprint density at radius 2 is 1.90 bits per heavy atom. The Kier molecular flexibility index (Phi) is 8.84. The van der Waals surface area contributed by atoms with Gasteiger partial charge in [0.15, 0.2) is 0 Å². The van der Waals surface area contributed by atoms with Gasteiger partial charge in [-0.1, -0.05) is 57.6 Å². The fourth-order valence-electron chi connectivity index (χ4n) is 7.64. The van der Waals surface area contributed by atoms with E-state index in [-0.39, 0.29) is 54.2 Å². The van der Waals surface area contributed by atoms with Crippen LogP contribution in [0, 0.1) is 23.7 Å². The molecule has 2 N–H and O–H groups in total. The Morgan fingerprint density at radius 3 is 2.56 bits per heavy atom. The van der Waals surface area contributed by atoms with Crippen LogP contribution in [0.3, 0.4) is 0 Å². The molecular weight excluding hydrogens is 493 g/mol. The summed E-state index contributed by atoms with van der Waals surface area (Å²) in [5.41, 5.74) is 3.64. The summed E-state index contributed by atoms with van der Waals surface area (Å²) in [4.78, 5) is 29.2. The second-order valence-corrected chi connectivity index (χ2v) is 12.3. The lowest BCUT2D eigenvalue weighted by atomic mass is 9.57. The number of aliphatic hydroxyl groups excluding tert-OH is 1. The summed E-state index contributed by atoms with van der Waals surface area (Å²) in [5.74, 6) is 0.651. The van der Waals surface area contributed by atoms with Gasteiger partial charge in [-0.2, -0.15) is 0 Å². The minimum atomic E-state index is -0.946. The Labute approximate surface area is 232 Å². The van der Waals surface area contributed by atoms with Crippen LogP contribution in [0.2, 0.25) is 6.32 Å². The molecule has 2 amide bonds. The maximum Gasteiger partial charge on any atom is 0.455 e. The van der Waals surface area contributed by atoms with E-state index in [1.165, 1.54) is 23.1 Å². The Morgan fingerprint density at radius 1 is 1.13 bits per heavy atom. The van der Waals surface area contributed by atoms with Crippen molar-refractivity contribution in [2.75, 3.05) is 0 Å². The summed E-state index contributed by atoms with van der Waals surface area (Å²) in [5, 5.41) is 20.2. The lowest BCUT2D eigenvalue weighted by Gasteiger charge is -2.44. The molecule has 8 heteroatoms. The number of carbonyl (C=O) groups excluding carboxylic acids is 2. The first-order valence-electron chi connectivity index (χ1n) is 15.1. The van der Waals surface area contributed by atoms with Crippen LogP contribution in [0.4, 0.5) is 0 Å². The molecule has 1 saturated carbocycles. The van der Waals surface area contributed by atoms with Gasteiger partial charge in [0.1, 0.15) is 18.1 Å². The zero-order chi connectivity index (χ0) is 27.7. The van der Waals surface area contributed by atoms with Crippen LogP contribution in [0.5, 0.6) is 0 Å². The van der Waals surface area contributed by atoms with Crippen LogP contribution in [-0.2, 0) is 20.9 Å². The molecular formula is C31H44BNO6. The van der Waals surface area contributed by atoms with E-state index in [4.69, 9.17) is 9.07 Å². The molecule has 212 valence electrons. The van der Waals surface area contributed by atoms with Gasteiger partial charge in [-0.05, 0) is 80.5 Å². The molecule has 1 aromatic rings. The summed E-state index contributed by atoms with van der Waals surface area (Å²) >= 11 is 0. The number of imide groups is 1. The smallest absolute Gasteiger partial charge is 0.455 e. The van der Waals surface area contributed by atoms with Crippen LogP contribution in [0.15, 0.2) is 33.3 Å². The molecule has 3 fully saturated rings. The second-order valence-electron chi connectivity index (χ2n) is 12.3. The summed E-state index contributed by atoms with van der Waals surface area (Å²) in [6.07, 6.45) is 11.3. The third-order valence-electron chi connectivity index (χ3n) is 9.40. The van der Waals surface area contributed by atoms with E-state index in [1.807, 2.05) is 6.07 Å². The Balaban J connectivity index is 1.41. The topological polar surface area (TPSA) is 100 Å². The zero-order valence-corrected chi connectivity index (χ0v) is 23.7. The van der Waals surface area contributed by atoms with E-state index in [0.29, 0.717) is 24.9 Å². The highest BCUT2D eigenvalue weighted by Gasteiger charge is 2.58. The van der Waals surface area contributed by atoms with Gasteiger partial charge in [0.05, 0.1) is 17.9 Å². The van der Waals surface area contributed by atoms with E-state index >= 15 is 0 Å². The molecule has 0 radical (unpaired) electrons. The molecule has 2 aliphatic carbocycles. The number of fused-ring (bicyclic) bond motifs is 3. The van der Waals surface area contributed by atoms with Crippen molar-refractivity contribution in [3.05, 3.63) is 40.4 Å². The monoisotopic (exact) mass is 537 g/mol. The molecule has 4 aliphatic rings. The summed E-state index contributed by atoms with van der Waals surface area (Å²) in [6.45, 7) is 6.35. The van der Waals surface area contributed by atoms with E-state index in [1.54, 1.807) is 11.0 Å². The van der Waals surface area contributed by atoms with Crippen molar-refractivity contribution in [2.24, 2.45) is 23.7 Å². The molecule has 3 heterocycles. The average Bonchev–Trinajstić information content (AvgIpc) is 3.48. The first-order chi connectivity index (χ1) is 18.8. The van der Waals surface area contributed by atoms with E-state index in [0.717, 1.165) is 50.7 Å². The number of furan rings is 1. The molecule has 0 unspecified atom stereocenters. The SMILES string of the molecule is CCC/C(=C\c1ccc(CO)o1)CC[C@H]1OB(O)C[C@H]2C1=C(C(C)C)C[C@H]1C(=O)N(C3CCCCC3)C(=O)[C@H]12. The highest BCUT2D eigenvalue weighted by atomic mass is 16.5. The van der Waals surface area contributed by atoms with Gasteiger partial charge in [-0.15, -0.1) is 0 Å². The number of rotatable bonds is 9. The minimum Gasteiger partial charge on any atom is -0.459 e. The average molecular weight is 538 g/mol. The summed E-state index contributed by atoms with van der Waals surface area (Å²) in [7, 11) is -0.946. The summed E-state index contributed by atoms with van der Waals surface area (Å²) in [6, 6.07) is 3.69. The predicted molar refractivity (Wildman–Crippen MR) is 150 cm³/mol. The fraction of sp³-hybridized carbons (Fsp3) is 0.677. The van der Waals surface area contributed by atoms with E-state index in [9.17, 15) is 19.7 Å². The number of hydrogen-bond donors (Lipinski definition) is 2. The number of aliphatic hydroxyl groups is 1. The van der Waals surface area contributed by atoms with Gasteiger partial charge in [0.2, 0.25) is 11.8 Å². The predicted octanol–water partition coefficient (Wildman–Crippen LogP) is 5.52. The highest BCUT2D eigenvalue weighted by molar-refractivity contribution is 6.43. The van der Waals surface area contributed by atoms with Crippen LogP contribution < -0.4 is 0 Å². The third-order valence-corrected chi connectivity index (χ3v) is 9.40. The number of carbonyl (C=O) groups is 2. The Bertz CT molecular complexity index is 1120. The molecule has 1 aromatic heterocycles. The molecule has 2 aliphatic heterocycles. The Hall–Kier alpha value is -2.16. The number of allylic oxidation sites excluding steroid dienone is 2. The van der Waals surface area contributed by atoms with E-state index in [2.05, 4.69) is 26.8 Å². The second kappa shape index (κ2) is 12.2. The van der Waals surface area contributed by atoms with Crippen molar-refractivity contribution in [3.8, 4) is 0 Å². The molecule has 39 heavy (non-hydrogen) atoms. The first kappa shape index (κ1) is 28.4. The maximum absolute atomic E-state index is 13.9. The van der Waals surface area contributed by atoms with Gasteiger partial charge in [-0.25, -0.2) is 0 Å². The van der Waals surface area contributed by atoms with Crippen LogP contribution in [0.1, 0.15) is 96.5 Å². The van der Waals surface area contributed by atoms with Crippen molar-refractivity contribution < 1.29 is 28.8 Å². The first-order valence-corrected chi connectivity index (χ1v) is 15.1. The molecule has 2 saturated heterocycles. The van der Waals surface area contributed by atoms with Gasteiger partial charge in [-0.3, -0.25) is 14.5 Å². The van der Waals surface area contributed by atoms with Crippen LogP contribution in [0.25, 0.3) is 6.08 Å². The molecule has 7 nitrogen and oxygen atoms in total. The van der Waals surface area contributed by atoms with Crippen molar-refractivity contribution in [2.45, 2.75) is 110 Å². The van der Waals surface area contributed by atoms with Crippen molar-refractivity contribution in [1.29, 1.82) is 0 Å². The van der Waals surface area contributed by atoms with Gasteiger partial charge >= 0.3 is 7.12 Å². The fourth-order valence-corrected chi connectivity index (χ4v) is 7.64. The summed E-state index contributed by atoms with van der Waals surface area (Å²) < 4.78 is 11.9. The number of hydrogen-bond acceptors (Lipinski definition) is 6.